The molecule has 3 aromatic carbocycles. The van der Waals surface area contributed by atoms with Crippen LogP contribution in [0.25, 0.3) is 10.9 Å². The Bertz CT molecular complexity index is 1260. The van der Waals surface area contributed by atoms with E-state index in [-0.39, 0.29) is 24.4 Å². The monoisotopic (exact) mass is 395 g/mol. The first-order valence-corrected chi connectivity index (χ1v) is 9.92. The molecule has 148 valence electrons. The van der Waals surface area contributed by atoms with Crippen LogP contribution in [0.15, 0.2) is 85.1 Å². The van der Waals surface area contributed by atoms with Crippen molar-refractivity contribution in [2.24, 2.45) is 7.05 Å². The van der Waals surface area contributed by atoms with Gasteiger partial charge in [-0.15, -0.1) is 0 Å². The number of amides is 2. The van der Waals surface area contributed by atoms with Crippen LogP contribution >= 0.6 is 0 Å². The van der Waals surface area contributed by atoms with E-state index in [1.165, 1.54) is 0 Å². The van der Waals surface area contributed by atoms with Crippen LogP contribution in [0.4, 0.5) is 5.69 Å². The molecule has 0 fully saturated rings. The summed E-state index contributed by atoms with van der Waals surface area (Å²) in [4.78, 5) is 27.7. The molecule has 1 atom stereocenters. The zero-order valence-electron chi connectivity index (χ0n) is 16.6. The lowest BCUT2D eigenvalue weighted by Crippen LogP contribution is -2.36. The molecular formula is C25H21N3O2. The third-order valence-corrected chi connectivity index (χ3v) is 5.65. The van der Waals surface area contributed by atoms with Gasteiger partial charge in [-0.2, -0.15) is 0 Å². The summed E-state index contributed by atoms with van der Waals surface area (Å²) in [6.07, 6.45) is 2.06. The summed E-state index contributed by atoms with van der Waals surface area (Å²) in [6.45, 7) is -0.0176. The summed E-state index contributed by atoms with van der Waals surface area (Å²) < 4.78 is 2.07. The average Bonchev–Trinajstić information content (AvgIpc) is 3.23. The van der Waals surface area contributed by atoms with Crippen molar-refractivity contribution in [1.29, 1.82) is 0 Å². The lowest BCUT2D eigenvalue weighted by Gasteiger charge is -2.25. The first-order valence-electron chi connectivity index (χ1n) is 9.92. The van der Waals surface area contributed by atoms with Gasteiger partial charge in [0.05, 0.1) is 6.04 Å². The maximum atomic E-state index is 13.3. The summed E-state index contributed by atoms with van der Waals surface area (Å²) in [5.74, 6) is -0.334. The molecule has 1 unspecified atom stereocenters. The molecule has 1 aliphatic heterocycles. The van der Waals surface area contributed by atoms with Crippen molar-refractivity contribution in [3.05, 3.63) is 102 Å². The molecule has 0 saturated heterocycles. The van der Waals surface area contributed by atoms with Gasteiger partial charge in [0, 0.05) is 41.0 Å². The van der Waals surface area contributed by atoms with Crippen LogP contribution in [0.3, 0.4) is 0 Å². The van der Waals surface area contributed by atoms with Crippen LogP contribution in [-0.4, -0.2) is 27.8 Å². The van der Waals surface area contributed by atoms with Crippen molar-refractivity contribution < 1.29 is 9.59 Å². The highest BCUT2D eigenvalue weighted by Crippen LogP contribution is 2.41. The first kappa shape index (κ1) is 18.2. The van der Waals surface area contributed by atoms with E-state index >= 15 is 0 Å². The number of hydrogen-bond acceptors (Lipinski definition) is 2. The number of rotatable bonds is 4. The number of nitrogens with one attached hydrogen (secondary N) is 1. The number of fused-ring (bicyclic) bond motifs is 2. The van der Waals surface area contributed by atoms with Gasteiger partial charge < -0.3 is 14.8 Å². The molecule has 30 heavy (non-hydrogen) atoms. The third-order valence-electron chi connectivity index (χ3n) is 5.65. The average molecular weight is 395 g/mol. The summed E-state index contributed by atoms with van der Waals surface area (Å²) in [7, 11) is 2.00. The Morgan fingerprint density at radius 2 is 1.60 bits per heavy atom. The Balaban J connectivity index is 1.55. The molecule has 0 aliphatic carbocycles. The highest BCUT2D eigenvalue weighted by molar-refractivity contribution is 6.04. The summed E-state index contributed by atoms with van der Waals surface area (Å²) >= 11 is 0. The maximum Gasteiger partial charge on any atom is 0.255 e. The fourth-order valence-corrected chi connectivity index (χ4v) is 4.34. The molecule has 0 spiro atoms. The Morgan fingerprint density at radius 3 is 2.43 bits per heavy atom. The fraction of sp³-hybridized carbons (Fsp3) is 0.120. The van der Waals surface area contributed by atoms with Gasteiger partial charge in [-0.25, -0.2) is 0 Å². The Morgan fingerprint density at radius 1 is 0.900 bits per heavy atom. The van der Waals surface area contributed by atoms with E-state index in [1.54, 1.807) is 4.90 Å². The van der Waals surface area contributed by atoms with E-state index in [2.05, 4.69) is 28.2 Å². The van der Waals surface area contributed by atoms with E-state index in [0.29, 0.717) is 11.3 Å². The minimum Gasteiger partial charge on any atom is -0.350 e. The van der Waals surface area contributed by atoms with E-state index in [1.807, 2.05) is 73.8 Å². The van der Waals surface area contributed by atoms with Gasteiger partial charge in [0.25, 0.3) is 5.91 Å². The highest BCUT2D eigenvalue weighted by Gasteiger charge is 2.39. The van der Waals surface area contributed by atoms with Crippen LogP contribution in [0.1, 0.15) is 27.5 Å². The predicted octanol–water partition coefficient (Wildman–Crippen LogP) is 4.36. The third kappa shape index (κ3) is 2.95. The largest absolute Gasteiger partial charge is 0.350 e. The van der Waals surface area contributed by atoms with E-state index in [4.69, 9.17) is 0 Å². The zero-order chi connectivity index (χ0) is 20.7. The Hall–Kier alpha value is -3.86. The quantitative estimate of drug-likeness (QED) is 0.558. The number of carbonyl (C=O) groups is 2. The second-order valence-corrected chi connectivity index (χ2v) is 7.55. The molecule has 2 amide bonds. The van der Waals surface area contributed by atoms with Crippen LogP contribution in [0.2, 0.25) is 0 Å². The number of aromatic nitrogens is 1. The van der Waals surface area contributed by atoms with Gasteiger partial charge in [0.2, 0.25) is 5.91 Å². The minimum atomic E-state index is -0.304. The topological polar surface area (TPSA) is 54.3 Å². The zero-order valence-corrected chi connectivity index (χ0v) is 16.6. The van der Waals surface area contributed by atoms with Gasteiger partial charge in [-0.05, 0) is 29.8 Å². The number of hydrogen-bond donors (Lipinski definition) is 1. The molecular weight excluding hydrogens is 374 g/mol. The normalized spacial score (nSPS) is 15.4. The predicted molar refractivity (Wildman–Crippen MR) is 117 cm³/mol. The standard InChI is InChI=1S/C25H21N3O2/c1-27-15-21(18-11-7-8-14-22(18)27)24-19-12-5-6-13-20(19)25(30)28(24)16-23(29)26-17-9-3-2-4-10-17/h2-15,24H,16H2,1H3,(H,26,29). The van der Waals surface area contributed by atoms with Gasteiger partial charge in [0.15, 0.2) is 0 Å². The number of aryl methyl sites for hydroxylation is 1. The lowest BCUT2D eigenvalue weighted by molar-refractivity contribution is -0.117. The number of anilines is 1. The minimum absolute atomic E-state index is 0.0176. The summed E-state index contributed by atoms with van der Waals surface area (Å²) in [5.41, 5.74) is 4.43. The molecule has 1 N–H and O–H groups in total. The van der Waals surface area contributed by atoms with Gasteiger partial charge in [0.1, 0.15) is 6.54 Å². The molecule has 2 heterocycles. The molecule has 5 nitrogen and oxygen atoms in total. The van der Waals surface area contributed by atoms with E-state index in [0.717, 1.165) is 22.0 Å². The van der Waals surface area contributed by atoms with Gasteiger partial charge in [-0.3, -0.25) is 9.59 Å². The smallest absolute Gasteiger partial charge is 0.255 e. The number of carbonyl (C=O) groups excluding carboxylic acids is 2. The van der Waals surface area contributed by atoms with Crippen molar-refractivity contribution in [1.82, 2.24) is 9.47 Å². The second-order valence-electron chi connectivity index (χ2n) is 7.55. The highest BCUT2D eigenvalue weighted by atomic mass is 16.2. The summed E-state index contributed by atoms with van der Waals surface area (Å²) in [6, 6.07) is 24.8. The van der Waals surface area contributed by atoms with Crippen LogP contribution < -0.4 is 5.32 Å². The molecule has 5 heteroatoms. The van der Waals surface area contributed by atoms with Crippen molar-refractivity contribution >= 4 is 28.4 Å². The van der Waals surface area contributed by atoms with Crippen LogP contribution in [-0.2, 0) is 11.8 Å². The molecule has 0 bridgehead atoms. The molecule has 1 aliphatic rings. The van der Waals surface area contributed by atoms with Gasteiger partial charge in [-0.1, -0.05) is 54.6 Å². The number of benzene rings is 3. The van der Waals surface area contributed by atoms with E-state index in [9.17, 15) is 9.59 Å². The van der Waals surface area contributed by atoms with Crippen LogP contribution in [0, 0.1) is 0 Å². The first-order chi connectivity index (χ1) is 14.6. The molecule has 4 aromatic rings. The number of para-hydroxylation sites is 2. The summed E-state index contributed by atoms with van der Waals surface area (Å²) in [5, 5.41) is 3.98. The molecule has 5 rings (SSSR count). The molecule has 0 saturated carbocycles. The van der Waals surface area contributed by atoms with Gasteiger partial charge >= 0.3 is 0 Å². The Kier molecular flexibility index (Phi) is 4.36. The van der Waals surface area contributed by atoms with E-state index < -0.39 is 0 Å². The lowest BCUT2D eigenvalue weighted by atomic mass is 9.97. The van der Waals surface area contributed by atoms with Crippen molar-refractivity contribution in [2.45, 2.75) is 6.04 Å². The van der Waals surface area contributed by atoms with Crippen LogP contribution in [0.5, 0.6) is 0 Å². The Labute approximate surface area is 174 Å². The van der Waals surface area contributed by atoms with Crippen molar-refractivity contribution in [3.8, 4) is 0 Å². The maximum absolute atomic E-state index is 13.3. The molecule has 0 radical (unpaired) electrons. The second kappa shape index (κ2) is 7.19. The van der Waals surface area contributed by atoms with Crippen molar-refractivity contribution in [3.63, 3.8) is 0 Å². The SMILES string of the molecule is Cn1cc(C2c3ccccc3C(=O)N2CC(=O)Nc2ccccc2)c2ccccc21. The molecule has 1 aromatic heterocycles. The van der Waals surface area contributed by atoms with Crippen molar-refractivity contribution in [2.75, 3.05) is 11.9 Å². The fourth-order valence-electron chi connectivity index (χ4n) is 4.34. The number of nitrogens with zero attached hydrogens (tertiary/aromatic N) is 2.